The van der Waals surface area contributed by atoms with Crippen molar-refractivity contribution in [2.45, 2.75) is 11.4 Å². The van der Waals surface area contributed by atoms with Crippen LogP contribution in [0.15, 0.2) is 81.2 Å². The summed E-state index contributed by atoms with van der Waals surface area (Å²) >= 11 is 9.25. The normalized spacial score (nSPS) is 11.6. The summed E-state index contributed by atoms with van der Waals surface area (Å²) in [5, 5.41) is 4.48. The van der Waals surface area contributed by atoms with Gasteiger partial charge >= 0.3 is 0 Å². The van der Waals surface area contributed by atoms with Crippen LogP contribution in [0.5, 0.6) is 11.5 Å². The van der Waals surface area contributed by atoms with E-state index in [4.69, 9.17) is 21.1 Å². The minimum atomic E-state index is -3.99. The number of halogens is 2. The van der Waals surface area contributed by atoms with Crippen LogP contribution in [0.3, 0.4) is 0 Å². The van der Waals surface area contributed by atoms with Crippen molar-refractivity contribution in [3.8, 4) is 11.5 Å². The fourth-order valence-electron chi connectivity index (χ4n) is 3.08. The maximum atomic E-state index is 13.3. The lowest BCUT2D eigenvalue weighted by atomic mass is 10.2. The molecule has 0 atom stereocenters. The van der Waals surface area contributed by atoms with E-state index >= 15 is 0 Å². The van der Waals surface area contributed by atoms with Gasteiger partial charge in [0.1, 0.15) is 11.5 Å². The number of hydrogen-bond donors (Lipinski definition) is 1. The molecule has 0 fully saturated rings. The molecule has 0 unspecified atom stereocenters. The average molecular weight is 581 g/mol. The van der Waals surface area contributed by atoms with Crippen LogP contribution in [0, 0.1) is 0 Å². The Morgan fingerprint density at radius 1 is 1.06 bits per heavy atom. The molecular weight excluding hydrogens is 558 g/mol. The Kier molecular flexibility index (Phi) is 9.27. The molecule has 0 heterocycles. The molecule has 0 saturated carbocycles. The first-order valence-corrected chi connectivity index (χ1v) is 12.9. The smallest absolute Gasteiger partial charge is 0.255 e. The fraction of sp³-hybridized carbons (Fsp3) is 0.167. The highest BCUT2D eigenvalue weighted by Gasteiger charge is 2.27. The number of sulfonamides is 1. The number of nitrogens with zero attached hydrogens (tertiary/aromatic N) is 2. The van der Waals surface area contributed by atoms with E-state index in [0.717, 1.165) is 8.78 Å². The van der Waals surface area contributed by atoms with E-state index in [1.165, 1.54) is 32.6 Å². The average Bonchev–Trinajstić information content (AvgIpc) is 2.85. The molecule has 0 radical (unpaired) electrons. The number of nitrogens with one attached hydrogen (secondary N) is 1. The molecule has 0 aliphatic rings. The molecule has 8 nitrogen and oxygen atoms in total. The number of rotatable bonds is 10. The third kappa shape index (κ3) is 7.28. The molecule has 3 aromatic rings. The van der Waals surface area contributed by atoms with Crippen LogP contribution in [-0.4, -0.2) is 45.6 Å². The standard InChI is InChI=1S/C24H23BrClN3O5S/c1-33-21-9-12-23(34-2)18(13-21)14-27-28-24(30)16-29(15-17-3-7-20(26)8-4-17)35(31,32)22-10-5-19(25)6-11-22/h3-14H,15-16H2,1-2H3,(H,28,30)/b27-14-. The number of hydrogen-bond acceptors (Lipinski definition) is 6. The van der Waals surface area contributed by atoms with E-state index in [9.17, 15) is 13.2 Å². The Bertz CT molecular complexity index is 1300. The molecule has 0 spiro atoms. The summed E-state index contributed by atoms with van der Waals surface area (Å²) in [6.45, 7) is -0.482. The maximum Gasteiger partial charge on any atom is 0.255 e. The van der Waals surface area contributed by atoms with Gasteiger partial charge in [-0.3, -0.25) is 4.79 Å². The second kappa shape index (κ2) is 12.2. The predicted molar refractivity (Wildman–Crippen MR) is 138 cm³/mol. The molecule has 0 bridgehead atoms. The van der Waals surface area contributed by atoms with Gasteiger partial charge in [-0.25, -0.2) is 13.8 Å². The van der Waals surface area contributed by atoms with Gasteiger partial charge in [-0.15, -0.1) is 0 Å². The Hall–Kier alpha value is -2.92. The van der Waals surface area contributed by atoms with Crippen LogP contribution < -0.4 is 14.9 Å². The van der Waals surface area contributed by atoms with Gasteiger partial charge in [-0.2, -0.15) is 9.41 Å². The fourth-order valence-corrected chi connectivity index (χ4v) is 4.86. The molecular formula is C24H23BrClN3O5S. The van der Waals surface area contributed by atoms with E-state index in [-0.39, 0.29) is 11.4 Å². The first kappa shape index (κ1) is 26.7. The van der Waals surface area contributed by atoms with Crippen LogP contribution >= 0.6 is 27.5 Å². The van der Waals surface area contributed by atoms with Crippen molar-refractivity contribution in [3.05, 3.63) is 87.4 Å². The summed E-state index contributed by atoms with van der Waals surface area (Å²) in [6.07, 6.45) is 1.39. The highest BCUT2D eigenvalue weighted by molar-refractivity contribution is 9.10. The first-order valence-electron chi connectivity index (χ1n) is 10.3. The Morgan fingerprint density at radius 3 is 2.37 bits per heavy atom. The second-order valence-electron chi connectivity index (χ2n) is 7.25. The van der Waals surface area contributed by atoms with Crippen molar-refractivity contribution in [1.82, 2.24) is 9.73 Å². The van der Waals surface area contributed by atoms with Gasteiger partial charge in [-0.1, -0.05) is 39.7 Å². The Balaban J connectivity index is 1.80. The molecule has 184 valence electrons. The summed E-state index contributed by atoms with van der Waals surface area (Å²) in [6, 6.07) is 18.1. The van der Waals surface area contributed by atoms with Gasteiger partial charge in [0.15, 0.2) is 0 Å². The number of methoxy groups -OCH3 is 2. The van der Waals surface area contributed by atoms with E-state index in [0.29, 0.717) is 27.6 Å². The van der Waals surface area contributed by atoms with Crippen molar-refractivity contribution in [1.29, 1.82) is 0 Å². The minimum Gasteiger partial charge on any atom is -0.497 e. The Labute approximate surface area is 217 Å². The number of hydrazone groups is 1. The monoisotopic (exact) mass is 579 g/mol. The molecule has 0 saturated heterocycles. The number of carbonyl (C=O) groups is 1. The molecule has 1 N–H and O–H groups in total. The molecule has 35 heavy (non-hydrogen) atoms. The molecule has 0 aliphatic carbocycles. The minimum absolute atomic E-state index is 0.0313. The molecule has 1 amide bonds. The molecule has 3 rings (SSSR count). The molecule has 0 aromatic heterocycles. The van der Waals surface area contributed by atoms with Crippen molar-refractivity contribution < 1.29 is 22.7 Å². The zero-order valence-corrected chi connectivity index (χ0v) is 22.1. The summed E-state index contributed by atoms with van der Waals surface area (Å²) in [4.78, 5) is 12.7. The van der Waals surface area contributed by atoms with Gasteiger partial charge in [0, 0.05) is 21.6 Å². The lowest BCUT2D eigenvalue weighted by Gasteiger charge is -2.21. The van der Waals surface area contributed by atoms with E-state index in [1.54, 1.807) is 54.6 Å². The predicted octanol–water partition coefficient (Wildman–Crippen LogP) is 4.46. The summed E-state index contributed by atoms with van der Waals surface area (Å²) in [7, 11) is -0.941. The second-order valence-corrected chi connectivity index (χ2v) is 10.5. The largest absolute Gasteiger partial charge is 0.497 e. The maximum absolute atomic E-state index is 13.3. The highest BCUT2D eigenvalue weighted by atomic mass is 79.9. The summed E-state index contributed by atoms with van der Waals surface area (Å²) in [5.41, 5.74) is 3.63. The summed E-state index contributed by atoms with van der Waals surface area (Å²) < 4.78 is 39.0. The van der Waals surface area contributed by atoms with E-state index in [2.05, 4.69) is 26.5 Å². The number of ether oxygens (including phenoxy) is 2. The number of carbonyl (C=O) groups excluding carboxylic acids is 1. The van der Waals surface area contributed by atoms with Gasteiger partial charge in [-0.05, 0) is 60.2 Å². The third-order valence-corrected chi connectivity index (χ3v) is 7.46. The number of amides is 1. The quantitative estimate of drug-likeness (QED) is 0.282. The lowest BCUT2D eigenvalue weighted by Crippen LogP contribution is -2.39. The van der Waals surface area contributed by atoms with Crippen molar-refractivity contribution in [2.75, 3.05) is 20.8 Å². The van der Waals surface area contributed by atoms with Crippen LogP contribution in [0.1, 0.15) is 11.1 Å². The molecule has 0 aliphatic heterocycles. The molecule has 3 aromatic carbocycles. The SMILES string of the molecule is COc1ccc(OC)c(/C=N\NC(=O)CN(Cc2ccc(Cl)cc2)S(=O)(=O)c2ccc(Br)cc2)c1. The van der Waals surface area contributed by atoms with Gasteiger partial charge in [0.25, 0.3) is 5.91 Å². The Morgan fingerprint density at radius 2 is 1.74 bits per heavy atom. The zero-order valence-electron chi connectivity index (χ0n) is 18.9. The van der Waals surface area contributed by atoms with Gasteiger partial charge in [0.2, 0.25) is 10.0 Å². The van der Waals surface area contributed by atoms with Gasteiger partial charge < -0.3 is 9.47 Å². The van der Waals surface area contributed by atoms with Crippen molar-refractivity contribution in [2.24, 2.45) is 5.10 Å². The van der Waals surface area contributed by atoms with Gasteiger partial charge in [0.05, 0.1) is 31.9 Å². The summed E-state index contributed by atoms with van der Waals surface area (Å²) in [5.74, 6) is 0.511. The van der Waals surface area contributed by atoms with Crippen molar-refractivity contribution >= 4 is 49.7 Å². The number of benzene rings is 3. The third-order valence-electron chi connectivity index (χ3n) is 4.87. The van der Waals surface area contributed by atoms with Crippen LogP contribution in [0.25, 0.3) is 0 Å². The van der Waals surface area contributed by atoms with E-state index in [1.807, 2.05) is 0 Å². The molecule has 11 heteroatoms. The van der Waals surface area contributed by atoms with Crippen LogP contribution in [0.4, 0.5) is 0 Å². The van der Waals surface area contributed by atoms with E-state index < -0.39 is 22.5 Å². The first-order chi connectivity index (χ1) is 16.7. The van der Waals surface area contributed by atoms with Crippen molar-refractivity contribution in [3.63, 3.8) is 0 Å². The van der Waals surface area contributed by atoms with Crippen LogP contribution in [-0.2, 0) is 21.4 Å². The lowest BCUT2D eigenvalue weighted by molar-refractivity contribution is -0.121. The topological polar surface area (TPSA) is 97.3 Å². The highest BCUT2D eigenvalue weighted by Crippen LogP contribution is 2.23. The zero-order chi connectivity index (χ0) is 25.4. The van der Waals surface area contributed by atoms with Crippen LogP contribution in [0.2, 0.25) is 5.02 Å².